The molecule has 0 fully saturated rings. The minimum Gasteiger partial charge on any atom is -0.465 e. The van der Waals surface area contributed by atoms with Crippen LogP contribution in [0.4, 0.5) is 0 Å². The van der Waals surface area contributed by atoms with E-state index in [1.807, 2.05) is 12.1 Å². The predicted octanol–water partition coefficient (Wildman–Crippen LogP) is 3.19. The molecule has 0 saturated carbocycles. The van der Waals surface area contributed by atoms with Crippen LogP contribution >= 0.6 is 11.6 Å². The van der Waals surface area contributed by atoms with Crippen molar-refractivity contribution in [2.24, 2.45) is 0 Å². The summed E-state index contributed by atoms with van der Waals surface area (Å²) in [6.45, 7) is 0. The van der Waals surface area contributed by atoms with Gasteiger partial charge in [-0.1, -0.05) is 35.9 Å². The van der Waals surface area contributed by atoms with E-state index in [0.717, 1.165) is 0 Å². The number of hydrogen-bond donors (Lipinski definition) is 0. The van der Waals surface area contributed by atoms with Crippen molar-refractivity contribution in [2.75, 3.05) is 7.11 Å². The molecule has 0 amide bonds. The van der Waals surface area contributed by atoms with Crippen LogP contribution in [0.3, 0.4) is 0 Å². The second kappa shape index (κ2) is 4.97. The van der Waals surface area contributed by atoms with Gasteiger partial charge in [0.25, 0.3) is 0 Å². The summed E-state index contributed by atoms with van der Waals surface area (Å²) in [5.74, 6) is -0.387. The maximum absolute atomic E-state index is 11.6. The molecule has 0 aliphatic rings. The van der Waals surface area contributed by atoms with Crippen LogP contribution in [0.15, 0.2) is 42.5 Å². The highest BCUT2D eigenvalue weighted by molar-refractivity contribution is 6.29. The maximum Gasteiger partial charge on any atom is 0.338 e. The average molecular weight is 248 g/mol. The fraction of sp³-hybridized carbons (Fsp3) is 0.0769. The molecule has 0 aliphatic carbocycles. The predicted molar refractivity (Wildman–Crippen MR) is 66.0 cm³/mol. The second-order valence-corrected chi connectivity index (χ2v) is 3.77. The molecule has 3 nitrogen and oxygen atoms in total. The third kappa shape index (κ3) is 2.45. The highest BCUT2D eigenvalue weighted by Crippen LogP contribution is 2.23. The minimum atomic E-state index is -0.387. The summed E-state index contributed by atoms with van der Waals surface area (Å²) in [5.41, 5.74) is 1.84. The number of pyridine rings is 1. The summed E-state index contributed by atoms with van der Waals surface area (Å²) in [5, 5.41) is 0.391. The molecule has 2 aromatic rings. The monoisotopic (exact) mass is 247 g/mol. The maximum atomic E-state index is 11.6. The van der Waals surface area contributed by atoms with Crippen molar-refractivity contribution in [3.05, 3.63) is 53.2 Å². The number of carbonyl (C=O) groups is 1. The number of carbonyl (C=O) groups excluding carboxylic acids is 1. The van der Waals surface area contributed by atoms with Gasteiger partial charge in [0.05, 0.1) is 18.4 Å². The first-order valence-corrected chi connectivity index (χ1v) is 5.40. The third-order valence-corrected chi connectivity index (χ3v) is 2.53. The molecule has 4 heteroatoms. The Morgan fingerprint density at radius 2 is 1.94 bits per heavy atom. The highest BCUT2D eigenvalue weighted by Gasteiger charge is 2.13. The van der Waals surface area contributed by atoms with Crippen molar-refractivity contribution in [1.82, 2.24) is 4.98 Å². The fourth-order valence-corrected chi connectivity index (χ4v) is 1.72. The molecule has 0 spiro atoms. The number of nitrogens with zero attached hydrogens (tertiary/aromatic N) is 1. The smallest absolute Gasteiger partial charge is 0.338 e. The number of benzene rings is 1. The Morgan fingerprint density at radius 3 is 2.65 bits per heavy atom. The van der Waals surface area contributed by atoms with Crippen LogP contribution in [-0.2, 0) is 4.74 Å². The molecular formula is C13H10ClNO2. The van der Waals surface area contributed by atoms with Gasteiger partial charge >= 0.3 is 5.97 Å². The van der Waals surface area contributed by atoms with E-state index in [2.05, 4.69) is 4.98 Å². The standard InChI is InChI=1S/C13H10ClNO2/c1-17-13(16)10-6-3-2-5-9(10)11-7-4-8-12(14)15-11/h2-8H,1H3. The molecule has 0 atom stereocenters. The first-order chi connectivity index (χ1) is 8.22. The first kappa shape index (κ1) is 11.6. The number of halogens is 1. The quantitative estimate of drug-likeness (QED) is 0.604. The largest absolute Gasteiger partial charge is 0.465 e. The molecule has 0 aliphatic heterocycles. The van der Waals surface area contributed by atoms with Gasteiger partial charge in [0.1, 0.15) is 5.15 Å². The Bertz CT molecular complexity index is 555. The molecular weight excluding hydrogens is 238 g/mol. The van der Waals surface area contributed by atoms with E-state index in [4.69, 9.17) is 16.3 Å². The molecule has 86 valence electrons. The Morgan fingerprint density at radius 1 is 1.18 bits per heavy atom. The van der Waals surface area contributed by atoms with Gasteiger partial charge in [0, 0.05) is 5.56 Å². The van der Waals surface area contributed by atoms with Gasteiger partial charge in [-0.2, -0.15) is 0 Å². The fourth-order valence-electron chi connectivity index (χ4n) is 1.55. The Balaban J connectivity index is 2.55. The zero-order valence-electron chi connectivity index (χ0n) is 9.18. The molecule has 1 heterocycles. The van der Waals surface area contributed by atoms with E-state index >= 15 is 0 Å². The van der Waals surface area contributed by atoms with Crippen LogP contribution in [-0.4, -0.2) is 18.1 Å². The minimum absolute atomic E-state index is 0.387. The van der Waals surface area contributed by atoms with Gasteiger partial charge in [-0.15, -0.1) is 0 Å². The summed E-state index contributed by atoms with van der Waals surface area (Å²) >= 11 is 5.83. The summed E-state index contributed by atoms with van der Waals surface area (Å²) < 4.78 is 4.73. The van der Waals surface area contributed by atoms with E-state index in [1.165, 1.54) is 7.11 Å². The van der Waals surface area contributed by atoms with E-state index in [-0.39, 0.29) is 5.97 Å². The number of methoxy groups -OCH3 is 1. The molecule has 1 aromatic heterocycles. The molecule has 0 N–H and O–H groups in total. The highest BCUT2D eigenvalue weighted by atomic mass is 35.5. The van der Waals surface area contributed by atoms with Crippen molar-refractivity contribution in [3.8, 4) is 11.3 Å². The second-order valence-electron chi connectivity index (χ2n) is 3.38. The average Bonchev–Trinajstić information content (AvgIpc) is 2.38. The zero-order chi connectivity index (χ0) is 12.3. The van der Waals surface area contributed by atoms with Gasteiger partial charge in [0.2, 0.25) is 0 Å². The van der Waals surface area contributed by atoms with Gasteiger partial charge in [0.15, 0.2) is 0 Å². The van der Waals surface area contributed by atoms with Crippen LogP contribution < -0.4 is 0 Å². The van der Waals surface area contributed by atoms with Gasteiger partial charge in [-0.3, -0.25) is 0 Å². The van der Waals surface area contributed by atoms with Crippen LogP contribution in [0.2, 0.25) is 5.15 Å². The van der Waals surface area contributed by atoms with Crippen molar-refractivity contribution in [3.63, 3.8) is 0 Å². The molecule has 17 heavy (non-hydrogen) atoms. The van der Waals surface area contributed by atoms with Crippen molar-refractivity contribution >= 4 is 17.6 Å². The molecule has 2 rings (SSSR count). The number of rotatable bonds is 2. The lowest BCUT2D eigenvalue weighted by Gasteiger charge is -2.07. The van der Waals surface area contributed by atoms with E-state index in [0.29, 0.717) is 22.0 Å². The van der Waals surface area contributed by atoms with Gasteiger partial charge in [-0.05, 0) is 18.2 Å². The van der Waals surface area contributed by atoms with E-state index in [9.17, 15) is 4.79 Å². The summed E-state index contributed by atoms with van der Waals surface area (Å²) in [7, 11) is 1.35. The lowest BCUT2D eigenvalue weighted by atomic mass is 10.0. The third-order valence-electron chi connectivity index (χ3n) is 2.32. The lowest BCUT2D eigenvalue weighted by Crippen LogP contribution is -2.03. The van der Waals surface area contributed by atoms with Gasteiger partial charge < -0.3 is 4.74 Å². The number of ether oxygens (including phenoxy) is 1. The van der Waals surface area contributed by atoms with Crippen LogP contribution in [0.5, 0.6) is 0 Å². The van der Waals surface area contributed by atoms with Crippen molar-refractivity contribution in [2.45, 2.75) is 0 Å². The zero-order valence-corrected chi connectivity index (χ0v) is 9.94. The van der Waals surface area contributed by atoms with Crippen LogP contribution in [0, 0.1) is 0 Å². The molecule has 0 unspecified atom stereocenters. The summed E-state index contributed by atoms with van der Waals surface area (Å²) in [6.07, 6.45) is 0. The van der Waals surface area contributed by atoms with Gasteiger partial charge in [-0.25, -0.2) is 9.78 Å². The molecule has 0 bridgehead atoms. The van der Waals surface area contributed by atoms with Crippen LogP contribution in [0.1, 0.15) is 10.4 Å². The SMILES string of the molecule is COC(=O)c1ccccc1-c1cccc(Cl)n1. The first-order valence-electron chi connectivity index (χ1n) is 5.02. The number of esters is 1. The van der Waals surface area contributed by atoms with Crippen LogP contribution in [0.25, 0.3) is 11.3 Å². The van der Waals surface area contributed by atoms with Crippen molar-refractivity contribution in [1.29, 1.82) is 0 Å². The molecule has 0 saturated heterocycles. The number of aromatic nitrogens is 1. The topological polar surface area (TPSA) is 39.2 Å². The normalized spacial score (nSPS) is 10.0. The Kier molecular flexibility index (Phi) is 3.40. The van der Waals surface area contributed by atoms with Crippen molar-refractivity contribution < 1.29 is 9.53 Å². The van der Waals surface area contributed by atoms with E-state index in [1.54, 1.807) is 30.3 Å². The lowest BCUT2D eigenvalue weighted by molar-refractivity contribution is 0.0601. The van der Waals surface area contributed by atoms with E-state index < -0.39 is 0 Å². The summed E-state index contributed by atoms with van der Waals surface area (Å²) in [4.78, 5) is 15.8. The Hall–Kier alpha value is -1.87. The molecule has 1 aromatic carbocycles. The molecule has 0 radical (unpaired) electrons. The Labute approximate surface area is 104 Å². The summed E-state index contributed by atoms with van der Waals surface area (Å²) in [6, 6.07) is 12.4. The number of hydrogen-bond acceptors (Lipinski definition) is 3.